The molecule has 0 radical (unpaired) electrons. The number of nitrogens with zero attached hydrogens (tertiary/aromatic N) is 2. The van der Waals surface area contributed by atoms with E-state index in [4.69, 9.17) is 4.74 Å². The van der Waals surface area contributed by atoms with Crippen LogP contribution in [0.15, 0.2) is 12.4 Å². The van der Waals surface area contributed by atoms with Crippen molar-refractivity contribution in [2.45, 2.75) is 45.7 Å². The number of ether oxygens (including phenoxy) is 1. The first-order chi connectivity index (χ1) is 8.09. The predicted octanol–water partition coefficient (Wildman–Crippen LogP) is 2.52. The van der Waals surface area contributed by atoms with Crippen LogP contribution in [0.25, 0.3) is 0 Å². The van der Waals surface area contributed by atoms with E-state index < -0.39 is 0 Å². The monoisotopic (exact) mass is 237 g/mol. The maximum Gasteiger partial charge on any atom is 0.0728 e. The van der Waals surface area contributed by atoms with Crippen LogP contribution < -0.4 is 5.32 Å². The number of nitrogens with one attached hydrogen (secondary N) is 1. The molecule has 1 saturated carbocycles. The van der Waals surface area contributed by atoms with Gasteiger partial charge in [-0.2, -0.15) is 5.10 Å². The number of hydrogen-bond donors (Lipinski definition) is 1. The van der Waals surface area contributed by atoms with Gasteiger partial charge in [-0.15, -0.1) is 0 Å². The Morgan fingerprint density at radius 1 is 1.59 bits per heavy atom. The van der Waals surface area contributed by atoms with Crippen LogP contribution >= 0.6 is 0 Å². The van der Waals surface area contributed by atoms with Crippen LogP contribution in [0.5, 0.6) is 0 Å². The SMILES string of the molecule is COCCn1cc(NC2CCC(C)(C)C2)cn1. The van der Waals surface area contributed by atoms with E-state index in [0.717, 1.165) is 12.2 Å². The van der Waals surface area contributed by atoms with Gasteiger partial charge in [0.2, 0.25) is 0 Å². The number of anilines is 1. The Hall–Kier alpha value is -1.03. The molecule has 1 aromatic rings. The van der Waals surface area contributed by atoms with Gasteiger partial charge in [-0.05, 0) is 24.7 Å². The lowest BCUT2D eigenvalue weighted by Gasteiger charge is -2.17. The highest BCUT2D eigenvalue weighted by Gasteiger charge is 2.30. The second kappa shape index (κ2) is 5.08. The zero-order valence-electron chi connectivity index (χ0n) is 11.1. The summed E-state index contributed by atoms with van der Waals surface area (Å²) in [5, 5.41) is 7.88. The summed E-state index contributed by atoms with van der Waals surface area (Å²) in [6.07, 6.45) is 7.78. The third kappa shape index (κ3) is 3.46. The molecule has 0 aromatic carbocycles. The Kier molecular flexibility index (Phi) is 3.72. The number of methoxy groups -OCH3 is 1. The highest BCUT2D eigenvalue weighted by molar-refractivity contribution is 5.39. The number of aromatic nitrogens is 2. The van der Waals surface area contributed by atoms with E-state index in [-0.39, 0.29) is 0 Å². The van der Waals surface area contributed by atoms with Gasteiger partial charge in [0.15, 0.2) is 0 Å². The Morgan fingerprint density at radius 3 is 3.06 bits per heavy atom. The standard InChI is InChI=1S/C13H23N3O/c1-13(2)5-4-11(8-13)15-12-9-14-16(10-12)6-7-17-3/h9-11,15H,4-8H2,1-3H3. The molecule has 0 bridgehead atoms. The highest BCUT2D eigenvalue weighted by atomic mass is 16.5. The Balaban J connectivity index is 1.85. The van der Waals surface area contributed by atoms with Crippen molar-refractivity contribution < 1.29 is 4.74 Å². The van der Waals surface area contributed by atoms with Crippen LogP contribution in [0, 0.1) is 5.41 Å². The molecule has 17 heavy (non-hydrogen) atoms. The van der Waals surface area contributed by atoms with E-state index in [1.807, 2.05) is 10.9 Å². The zero-order chi connectivity index (χ0) is 12.3. The van der Waals surface area contributed by atoms with Gasteiger partial charge in [-0.25, -0.2) is 0 Å². The fourth-order valence-corrected chi connectivity index (χ4v) is 2.54. The smallest absolute Gasteiger partial charge is 0.0728 e. The van der Waals surface area contributed by atoms with E-state index in [1.54, 1.807) is 7.11 Å². The summed E-state index contributed by atoms with van der Waals surface area (Å²) >= 11 is 0. The molecule has 1 aliphatic rings. The van der Waals surface area contributed by atoms with Crippen molar-refractivity contribution in [3.8, 4) is 0 Å². The van der Waals surface area contributed by atoms with Gasteiger partial charge in [0.05, 0.1) is 25.0 Å². The molecule has 1 heterocycles. The Morgan fingerprint density at radius 2 is 2.41 bits per heavy atom. The van der Waals surface area contributed by atoms with Crippen LogP contribution in [0.1, 0.15) is 33.1 Å². The first-order valence-corrected chi connectivity index (χ1v) is 6.37. The van der Waals surface area contributed by atoms with E-state index in [1.165, 1.54) is 19.3 Å². The van der Waals surface area contributed by atoms with Gasteiger partial charge < -0.3 is 10.1 Å². The predicted molar refractivity (Wildman–Crippen MR) is 69.1 cm³/mol. The Labute approximate surface area is 103 Å². The molecule has 0 saturated heterocycles. The molecule has 0 amide bonds. The second-order valence-corrected chi connectivity index (χ2v) is 5.73. The topological polar surface area (TPSA) is 39.1 Å². The highest BCUT2D eigenvalue weighted by Crippen LogP contribution is 2.38. The van der Waals surface area contributed by atoms with E-state index in [2.05, 4.69) is 30.5 Å². The fourth-order valence-electron chi connectivity index (χ4n) is 2.54. The van der Waals surface area contributed by atoms with Crippen molar-refractivity contribution in [1.29, 1.82) is 0 Å². The molecule has 4 nitrogen and oxygen atoms in total. The van der Waals surface area contributed by atoms with Crippen molar-refractivity contribution in [2.24, 2.45) is 5.41 Å². The van der Waals surface area contributed by atoms with Crippen LogP contribution in [0.2, 0.25) is 0 Å². The van der Waals surface area contributed by atoms with E-state index >= 15 is 0 Å². The minimum atomic E-state index is 0.490. The molecule has 4 heteroatoms. The molecule has 0 spiro atoms. The van der Waals surface area contributed by atoms with Gasteiger partial charge in [0, 0.05) is 19.3 Å². The molecule has 1 unspecified atom stereocenters. The van der Waals surface area contributed by atoms with Crippen LogP contribution in [-0.4, -0.2) is 29.5 Å². The third-order valence-electron chi connectivity index (χ3n) is 3.50. The average molecular weight is 237 g/mol. The van der Waals surface area contributed by atoms with Crippen LogP contribution in [0.3, 0.4) is 0 Å². The molecule has 1 aromatic heterocycles. The molecular weight excluding hydrogens is 214 g/mol. The molecule has 2 rings (SSSR count). The van der Waals surface area contributed by atoms with Crippen molar-refractivity contribution in [3.63, 3.8) is 0 Å². The zero-order valence-corrected chi connectivity index (χ0v) is 11.1. The van der Waals surface area contributed by atoms with Crippen LogP contribution in [0.4, 0.5) is 5.69 Å². The van der Waals surface area contributed by atoms with Gasteiger partial charge in [-0.3, -0.25) is 4.68 Å². The van der Waals surface area contributed by atoms with Gasteiger partial charge >= 0.3 is 0 Å². The van der Waals surface area contributed by atoms with Gasteiger partial charge in [0.1, 0.15) is 0 Å². The van der Waals surface area contributed by atoms with Crippen molar-refractivity contribution in [1.82, 2.24) is 9.78 Å². The molecule has 1 aliphatic carbocycles. The first-order valence-electron chi connectivity index (χ1n) is 6.37. The van der Waals surface area contributed by atoms with Crippen molar-refractivity contribution in [2.75, 3.05) is 19.0 Å². The van der Waals surface area contributed by atoms with Crippen molar-refractivity contribution >= 4 is 5.69 Å². The molecule has 1 N–H and O–H groups in total. The molecule has 0 aliphatic heterocycles. The third-order valence-corrected chi connectivity index (χ3v) is 3.50. The van der Waals surface area contributed by atoms with Crippen LogP contribution in [-0.2, 0) is 11.3 Å². The normalized spacial score (nSPS) is 22.9. The largest absolute Gasteiger partial charge is 0.383 e. The summed E-state index contributed by atoms with van der Waals surface area (Å²) in [7, 11) is 1.71. The maximum atomic E-state index is 5.03. The lowest BCUT2D eigenvalue weighted by molar-refractivity contribution is 0.183. The van der Waals surface area contributed by atoms with E-state index in [0.29, 0.717) is 18.1 Å². The average Bonchev–Trinajstić information content (AvgIpc) is 2.83. The first kappa shape index (κ1) is 12.4. The van der Waals surface area contributed by atoms with E-state index in [9.17, 15) is 0 Å². The summed E-state index contributed by atoms with van der Waals surface area (Å²) < 4.78 is 6.96. The fraction of sp³-hybridized carbons (Fsp3) is 0.769. The minimum Gasteiger partial charge on any atom is -0.383 e. The van der Waals surface area contributed by atoms with Crippen molar-refractivity contribution in [3.05, 3.63) is 12.4 Å². The van der Waals surface area contributed by atoms with Gasteiger partial charge in [-0.1, -0.05) is 13.8 Å². The molecule has 96 valence electrons. The Bertz CT molecular complexity index is 359. The molecular formula is C13H23N3O. The summed E-state index contributed by atoms with van der Waals surface area (Å²) in [5.74, 6) is 0. The molecule has 1 fully saturated rings. The lowest BCUT2D eigenvalue weighted by atomic mass is 9.92. The molecule has 1 atom stereocenters. The number of hydrogen-bond acceptors (Lipinski definition) is 3. The summed E-state index contributed by atoms with van der Waals surface area (Å²) in [5.41, 5.74) is 1.62. The number of rotatable bonds is 5. The quantitative estimate of drug-likeness (QED) is 0.855. The lowest BCUT2D eigenvalue weighted by Crippen LogP contribution is -2.17. The summed E-state index contributed by atoms with van der Waals surface area (Å²) in [4.78, 5) is 0. The minimum absolute atomic E-state index is 0.490. The second-order valence-electron chi connectivity index (χ2n) is 5.73. The summed E-state index contributed by atoms with van der Waals surface area (Å²) in [6, 6.07) is 0.602. The maximum absolute atomic E-state index is 5.03. The summed E-state index contributed by atoms with van der Waals surface area (Å²) in [6.45, 7) is 6.21. The van der Waals surface area contributed by atoms with Gasteiger partial charge in [0.25, 0.3) is 0 Å².